The number of carbonyl (C=O) groups excluding carboxylic acids is 1. The first kappa shape index (κ1) is 17.5. The van der Waals surface area contributed by atoms with Gasteiger partial charge in [0.05, 0.1) is 12.2 Å². The van der Waals surface area contributed by atoms with Crippen molar-refractivity contribution in [1.29, 1.82) is 0 Å². The largest absolute Gasteiger partial charge is 0.323 e. The average Bonchev–Trinajstić information content (AvgIpc) is 2.65. The molecule has 0 saturated carbocycles. The molecule has 3 nitrogen and oxygen atoms in total. The Morgan fingerprint density at radius 1 is 1.20 bits per heavy atom. The predicted octanol–water partition coefficient (Wildman–Crippen LogP) is 3.78. The molecule has 0 aliphatic carbocycles. The van der Waals surface area contributed by atoms with Crippen LogP contribution in [-0.2, 0) is 4.79 Å². The quantitative estimate of drug-likeness (QED) is 0.734. The molecular weight excluding hydrogens is 248 g/mol. The van der Waals surface area contributed by atoms with Crippen LogP contribution < -0.4 is 5.32 Å². The fraction of sp³-hybridized carbons (Fsp3) is 0.941. The molecule has 0 radical (unpaired) electrons. The van der Waals surface area contributed by atoms with Crippen molar-refractivity contribution in [1.82, 2.24) is 10.2 Å². The molecule has 118 valence electrons. The molecule has 4 atom stereocenters. The van der Waals surface area contributed by atoms with Crippen molar-refractivity contribution >= 4 is 5.91 Å². The van der Waals surface area contributed by atoms with Crippen LogP contribution in [0.2, 0.25) is 0 Å². The molecule has 1 fully saturated rings. The number of hydrogen-bond acceptors (Lipinski definition) is 2. The third-order valence-electron chi connectivity index (χ3n) is 4.47. The highest BCUT2D eigenvalue weighted by Gasteiger charge is 2.40. The van der Waals surface area contributed by atoms with Crippen LogP contribution in [0.15, 0.2) is 0 Å². The number of nitrogens with one attached hydrogen (secondary N) is 1. The molecule has 1 rings (SSSR count). The molecule has 0 spiro atoms. The monoisotopic (exact) mass is 282 g/mol. The molecule has 0 bridgehead atoms. The van der Waals surface area contributed by atoms with Crippen LogP contribution in [0.4, 0.5) is 0 Å². The maximum atomic E-state index is 12.7. The second-order valence-electron chi connectivity index (χ2n) is 7.00. The topological polar surface area (TPSA) is 32.3 Å². The summed E-state index contributed by atoms with van der Waals surface area (Å²) >= 11 is 0. The van der Waals surface area contributed by atoms with Crippen LogP contribution in [0.5, 0.6) is 0 Å². The Hall–Kier alpha value is -0.570. The van der Waals surface area contributed by atoms with Gasteiger partial charge in [-0.25, -0.2) is 0 Å². The molecule has 3 heteroatoms. The van der Waals surface area contributed by atoms with Gasteiger partial charge < -0.3 is 4.90 Å². The Kier molecular flexibility index (Phi) is 7.01. The molecule has 1 aliphatic rings. The number of nitrogens with zero attached hydrogens (tertiary/aromatic N) is 1. The van der Waals surface area contributed by atoms with Gasteiger partial charge in [-0.05, 0) is 38.0 Å². The lowest BCUT2D eigenvalue weighted by Gasteiger charge is -2.31. The third-order valence-corrected chi connectivity index (χ3v) is 4.47. The zero-order valence-corrected chi connectivity index (χ0v) is 14.3. The standard InChI is InChI=1S/C17H34N2O/c1-7-9-16-18-15(10-12(3)4)17(20)19(16)14(6)11-13(5)8-2/h12-16,18H,7-11H2,1-6H3. The summed E-state index contributed by atoms with van der Waals surface area (Å²) in [6.45, 7) is 13.3. The Morgan fingerprint density at radius 3 is 2.35 bits per heavy atom. The van der Waals surface area contributed by atoms with Gasteiger partial charge in [0.15, 0.2) is 0 Å². The molecule has 1 heterocycles. The van der Waals surface area contributed by atoms with Crippen molar-refractivity contribution < 1.29 is 4.79 Å². The molecule has 1 saturated heterocycles. The van der Waals surface area contributed by atoms with Gasteiger partial charge >= 0.3 is 0 Å². The zero-order chi connectivity index (χ0) is 15.3. The van der Waals surface area contributed by atoms with E-state index in [0.29, 0.717) is 23.8 Å². The van der Waals surface area contributed by atoms with E-state index < -0.39 is 0 Å². The number of hydrogen-bond donors (Lipinski definition) is 1. The number of amides is 1. The van der Waals surface area contributed by atoms with Gasteiger partial charge in [0, 0.05) is 6.04 Å². The summed E-state index contributed by atoms with van der Waals surface area (Å²) in [6, 6.07) is 0.379. The lowest BCUT2D eigenvalue weighted by Crippen LogP contribution is -2.43. The van der Waals surface area contributed by atoms with Gasteiger partial charge in [-0.1, -0.05) is 47.5 Å². The minimum absolute atomic E-state index is 0.0333. The Labute approximate surface area is 125 Å². The zero-order valence-electron chi connectivity index (χ0n) is 14.3. The van der Waals surface area contributed by atoms with Gasteiger partial charge in [0.25, 0.3) is 0 Å². The first-order valence-corrected chi connectivity index (χ1v) is 8.48. The van der Waals surface area contributed by atoms with Crippen LogP contribution in [0.25, 0.3) is 0 Å². The van der Waals surface area contributed by atoms with Crippen LogP contribution in [0.3, 0.4) is 0 Å². The van der Waals surface area contributed by atoms with Crippen LogP contribution in [0, 0.1) is 11.8 Å². The summed E-state index contributed by atoms with van der Waals surface area (Å²) in [7, 11) is 0. The third kappa shape index (κ3) is 4.47. The SMILES string of the molecule is CCCC1NC(CC(C)C)C(=O)N1C(C)CC(C)CC. The van der Waals surface area contributed by atoms with E-state index in [1.54, 1.807) is 0 Å². The molecule has 1 N–H and O–H groups in total. The van der Waals surface area contributed by atoms with Gasteiger partial charge in [0.1, 0.15) is 0 Å². The Balaban J connectivity index is 2.75. The summed E-state index contributed by atoms with van der Waals surface area (Å²) in [6.07, 6.45) is 5.67. The molecule has 1 amide bonds. The van der Waals surface area contributed by atoms with Gasteiger partial charge in [-0.2, -0.15) is 0 Å². The van der Waals surface area contributed by atoms with E-state index in [1.165, 1.54) is 6.42 Å². The maximum Gasteiger partial charge on any atom is 0.241 e. The normalized spacial score (nSPS) is 26.4. The first-order valence-electron chi connectivity index (χ1n) is 8.48. The highest BCUT2D eigenvalue weighted by Crippen LogP contribution is 2.25. The Morgan fingerprint density at radius 2 is 1.85 bits per heavy atom. The summed E-state index contributed by atoms with van der Waals surface area (Å²) < 4.78 is 0. The van der Waals surface area contributed by atoms with E-state index in [0.717, 1.165) is 25.7 Å². The molecule has 0 aromatic carbocycles. The molecule has 0 aromatic rings. The van der Waals surface area contributed by atoms with Crippen LogP contribution in [-0.4, -0.2) is 29.1 Å². The number of rotatable bonds is 8. The van der Waals surface area contributed by atoms with E-state index >= 15 is 0 Å². The average molecular weight is 282 g/mol. The van der Waals surface area contributed by atoms with Crippen LogP contribution >= 0.6 is 0 Å². The summed E-state index contributed by atoms with van der Waals surface area (Å²) in [5, 5.41) is 3.57. The summed E-state index contributed by atoms with van der Waals surface area (Å²) in [5.74, 6) is 1.57. The van der Waals surface area contributed by atoms with E-state index in [-0.39, 0.29) is 12.2 Å². The summed E-state index contributed by atoms with van der Waals surface area (Å²) in [4.78, 5) is 14.8. The smallest absolute Gasteiger partial charge is 0.241 e. The minimum Gasteiger partial charge on any atom is -0.323 e. The van der Waals surface area contributed by atoms with Crippen molar-refractivity contribution in [3.63, 3.8) is 0 Å². The lowest BCUT2D eigenvalue weighted by atomic mass is 9.98. The summed E-state index contributed by atoms with van der Waals surface area (Å²) in [5.41, 5.74) is 0. The second-order valence-corrected chi connectivity index (χ2v) is 7.00. The Bertz CT molecular complexity index is 303. The van der Waals surface area contributed by atoms with E-state index in [4.69, 9.17) is 0 Å². The van der Waals surface area contributed by atoms with Gasteiger partial charge in [-0.15, -0.1) is 0 Å². The van der Waals surface area contributed by atoms with E-state index in [1.807, 2.05) is 0 Å². The van der Waals surface area contributed by atoms with Crippen molar-refractivity contribution in [2.75, 3.05) is 0 Å². The van der Waals surface area contributed by atoms with E-state index in [9.17, 15) is 4.79 Å². The maximum absolute atomic E-state index is 12.7. The molecule has 4 unspecified atom stereocenters. The van der Waals surface area contributed by atoms with Crippen molar-refractivity contribution in [2.45, 2.75) is 91.9 Å². The lowest BCUT2D eigenvalue weighted by molar-refractivity contribution is -0.132. The van der Waals surface area contributed by atoms with Gasteiger partial charge in [0.2, 0.25) is 5.91 Å². The molecular formula is C17H34N2O. The predicted molar refractivity (Wildman–Crippen MR) is 85.5 cm³/mol. The fourth-order valence-electron chi connectivity index (χ4n) is 3.24. The van der Waals surface area contributed by atoms with Crippen molar-refractivity contribution in [2.24, 2.45) is 11.8 Å². The minimum atomic E-state index is 0.0333. The van der Waals surface area contributed by atoms with Crippen LogP contribution in [0.1, 0.15) is 73.6 Å². The first-order chi connectivity index (χ1) is 9.40. The highest BCUT2D eigenvalue weighted by molar-refractivity contribution is 5.84. The second kappa shape index (κ2) is 8.02. The number of carbonyl (C=O) groups is 1. The fourth-order valence-corrected chi connectivity index (χ4v) is 3.24. The van der Waals surface area contributed by atoms with Crippen molar-refractivity contribution in [3.05, 3.63) is 0 Å². The molecule has 0 aromatic heterocycles. The molecule has 20 heavy (non-hydrogen) atoms. The molecule has 1 aliphatic heterocycles. The van der Waals surface area contributed by atoms with E-state index in [2.05, 4.69) is 51.8 Å². The van der Waals surface area contributed by atoms with Gasteiger partial charge in [-0.3, -0.25) is 10.1 Å². The van der Waals surface area contributed by atoms with Crippen molar-refractivity contribution in [3.8, 4) is 0 Å². The highest BCUT2D eigenvalue weighted by atomic mass is 16.2.